The van der Waals surface area contributed by atoms with E-state index in [1.54, 1.807) is 18.2 Å². The Hall–Kier alpha value is -2.53. The number of carbonyl (C=O) groups is 1. The highest BCUT2D eigenvalue weighted by Crippen LogP contribution is 2.46. The number of rotatable bonds is 2. The van der Waals surface area contributed by atoms with Gasteiger partial charge in [0.25, 0.3) is 0 Å². The summed E-state index contributed by atoms with van der Waals surface area (Å²) in [5.74, 6) is -0.815. The zero-order chi connectivity index (χ0) is 16.7. The lowest BCUT2D eigenvalue weighted by molar-refractivity contribution is -0.116. The number of amides is 1. The topological polar surface area (TPSA) is 29.1 Å². The Morgan fingerprint density at radius 3 is 2.58 bits per heavy atom. The molecule has 0 radical (unpaired) electrons. The molecular formula is C19H13F2NOS. The van der Waals surface area contributed by atoms with Crippen LogP contribution in [0.1, 0.15) is 22.8 Å². The molecule has 2 aromatic carbocycles. The highest BCUT2D eigenvalue weighted by atomic mass is 32.1. The van der Waals surface area contributed by atoms with Crippen LogP contribution in [0.3, 0.4) is 0 Å². The van der Waals surface area contributed by atoms with Crippen molar-refractivity contribution in [3.63, 3.8) is 0 Å². The summed E-state index contributed by atoms with van der Waals surface area (Å²) in [5, 5.41) is 4.84. The molecule has 0 saturated heterocycles. The average molecular weight is 341 g/mol. The maximum Gasteiger partial charge on any atom is 0.225 e. The zero-order valence-corrected chi connectivity index (χ0v) is 13.4. The fourth-order valence-electron chi connectivity index (χ4n) is 3.06. The van der Waals surface area contributed by atoms with Crippen LogP contribution in [0.5, 0.6) is 0 Å². The maximum absolute atomic E-state index is 13.5. The van der Waals surface area contributed by atoms with Crippen molar-refractivity contribution in [3.8, 4) is 11.1 Å². The van der Waals surface area contributed by atoms with E-state index in [-0.39, 0.29) is 23.5 Å². The monoisotopic (exact) mass is 341 g/mol. The fourth-order valence-corrected chi connectivity index (χ4v) is 4.22. The van der Waals surface area contributed by atoms with Crippen molar-refractivity contribution in [1.29, 1.82) is 0 Å². The van der Waals surface area contributed by atoms with E-state index < -0.39 is 0 Å². The van der Waals surface area contributed by atoms with Crippen molar-refractivity contribution in [1.82, 2.24) is 0 Å². The first-order valence-electron chi connectivity index (χ1n) is 7.54. The van der Waals surface area contributed by atoms with Gasteiger partial charge < -0.3 is 5.32 Å². The first-order chi connectivity index (χ1) is 11.6. The highest BCUT2D eigenvalue weighted by molar-refractivity contribution is 7.11. The summed E-state index contributed by atoms with van der Waals surface area (Å²) in [6.07, 6.45) is 0.321. The predicted octanol–water partition coefficient (Wildman–Crippen LogP) is 5.17. The SMILES string of the molecule is O=C1C[C@@H](c2ccc(F)cc2)c2scc(-c3cccc(F)c3)c2N1. The molecule has 0 spiro atoms. The van der Waals surface area contributed by atoms with E-state index in [2.05, 4.69) is 5.32 Å². The number of hydrogen-bond donors (Lipinski definition) is 1. The van der Waals surface area contributed by atoms with Gasteiger partial charge in [0.05, 0.1) is 5.69 Å². The molecule has 24 heavy (non-hydrogen) atoms. The summed E-state index contributed by atoms with van der Waals surface area (Å²) in [4.78, 5) is 13.2. The molecule has 120 valence electrons. The largest absolute Gasteiger partial charge is 0.325 e. The average Bonchev–Trinajstić information content (AvgIpc) is 2.98. The van der Waals surface area contributed by atoms with Gasteiger partial charge in [-0.05, 0) is 35.4 Å². The number of thiophene rings is 1. The van der Waals surface area contributed by atoms with Crippen LogP contribution in [-0.2, 0) is 4.79 Å². The first-order valence-corrected chi connectivity index (χ1v) is 8.42. The lowest BCUT2D eigenvalue weighted by atomic mass is 9.89. The van der Waals surface area contributed by atoms with Crippen LogP contribution in [0.4, 0.5) is 14.5 Å². The van der Waals surface area contributed by atoms with E-state index in [1.165, 1.54) is 35.6 Å². The van der Waals surface area contributed by atoms with Crippen molar-refractivity contribution >= 4 is 22.9 Å². The third kappa shape index (κ3) is 2.61. The van der Waals surface area contributed by atoms with E-state index in [1.807, 2.05) is 11.4 Å². The van der Waals surface area contributed by atoms with Crippen LogP contribution in [0.15, 0.2) is 53.9 Å². The quantitative estimate of drug-likeness (QED) is 0.685. The van der Waals surface area contributed by atoms with Gasteiger partial charge in [-0.25, -0.2) is 8.78 Å². The number of nitrogens with one attached hydrogen (secondary N) is 1. The third-order valence-corrected chi connectivity index (χ3v) is 5.29. The van der Waals surface area contributed by atoms with E-state index in [4.69, 9.17) is 0 Å². The van der Waals surface area contributed by atoms with Gasteiger partial charge in [0.15, 0.2) is 0 Å². The van der Waals surface area contributed by atoms with Gasteiger partial charge >= 0.3 is 0 Å². The molecule has 5 heteroatoms. The summed E-state index contributed by atoms with van der Waals surface area (Å²) in [7, 11) is 0. The minimum atomic E-state index is -0.315. The van der Waals surface area contributed by atoms with Crippen molar-refractivity contribution in [2.45, 2.75) is 12.3 Å². The summed E-state index contributed by atoms with van der Waals surface area (Å²) < 4.78 is 26.7. The zero-order valence-electron chi connectivity index (χ0n) is 12.6. The van der Waals surface area contributed by atoms with Crippen molar-refractivity contribution in [3.05, 3.63) is 76.0 Å². The normalized spacial score (nSPS) is 16.6. The van der Waals surface area contributed by atoms with E-state index >= 15 is 0 Å². The standard InChI is InChI=1S/C19H13F2NOS/c20-13-6-4-11(5-7-13)15-9-17(23)22-18-16(10-24-19(15)18)12-2-1-3-14(21)8-12/h1-8,10,15H,9H2,(H,22,23)/t15-/m0/s1. The molecule has 0 aliphatic carbocycles. The summed E-state index contributed by atoms with van der Waals surface area (Å²) in [6, 6.07) is 12.5. The molecule has 1 atom stereocenters. The van der Waals surface area contributed by atoms with Gasteiger partial charge in [-0.15, -0.1) is 11.3 Å². The van der Waals surface area contributed by atoms with Gasteiger partial charge in [-0.1, -0.05) is 24.3 Å². The number of fused-ring (bicyclic) bond motifs is 1. The molecule has 2 nitrogen and oxygen atoms in total. The van der Waals surface area contributed by atoms with E-state index in [9.17, 15) is 13.6 Å². The van der Waals surface area contributed by atoms with Gasteiger partial charge in [0.1, 0.15) is 11.6 Å². The number of carbonyl (C=O) groups excluding carboxylic acids is 1. The lowest BCUT2D eigenvalue weighted by Gasteiger charge is -2.24. The molecule has 1 aliphatic rings. The van der Waals surface area contributed by atoms with Crippen LogP contribution in [0, 0.1) is 11.6 Å². The molecule has 1 N–H and O–H groups in total. The Morgan fingerprint density at radius 1 is 1.04 bits per heavy atom. The number of benzene rings is 2. The molecular weight excluding hydrogens is 328 g/mol. The van der Waals surface area contributed by atoms with E-state index in [0.717, 1.165) is 27.3 Å². The Labute approximate surface area is 141 Å². The van der Waals surface area contributed by atoms with Gasteiger partial charge in [-0.2, -0.15) is 0 Å². The van der Waals surface area contributed by atoms with Gasteiger partial charge in [-0.3, -0.25) is 4.79 Å². The second-order valence-corrected chi connectivity index (χ2v) is 6.67. The molecule has 1 amide bonds. The molecule has 0 bridgehead atoms. The predicted molar refractivity (Wildman–Crippen MR) is 91.2 cm³/mol. The molecule has 1 aromatic heterocycles. The van der Waals surface area contributed by atoms with Crippen molar-refractivity contribution in [2.75, 3.05) is 5.32 Å². The number of anilines is 1. The Morgan fingerprint density at radius 2 is 1.83 bits per heavy atom. The Bertz CT molecular complexity index is 917. The highest BCUT2D eigenvalue weighted by Gasteiger charge is 2.30. The number of hydrogen-bond acceptors (Lipinski definition) is 2. The van der Waals surface area contributed by atoms with E-state index in [0.29, 0.717) is 6.42 Å². The molecule has 4 rings (SSSR count). The van der Waals surface area contributed by atoms with Crippen LogP contribution in [0.2, 0.25) is 0 Å². The number of halogens is 2. The van der Waals surface area contributed by atoms with Gasteiger partial charge in [0.2, 0.25) is 5.91 Å². The van der Waals surface area contributed by atoms with Crippen molar-refractivity contribution in [2.24, 2.45) is 0 Å². The smallest absolute Gasteiger partial charge is 0.225 e. The van der Waals surface area contributed by atoms with Gasteiger partial charge in [0, 0.05) is 28.2 Å². The minimum Gasteiger partial charge on any atom is -0.325 e. The molecule has 1 aliphatic heterocycles. The minimum absolute atomic E-state index is 0.0899. The lowest BCUT2D eigenvalue weighted by Crippen LogP contribution is -2.22. The third-order valence-electron chi connectivity index (χ3n) is 4.20. The summed E-state index contributed by atoms with van der Waals surface area (Å²) >= 11 is 1.53. The molecule has 0 fully saturated rings. The first kappa shape index (κ1) is 15.0. The Balaban J connectivity index is 1.81. The Kier molecular flexibility index (Phi) is 3.65. The second kappa shape index (κ2) is 5.83. The van der Waals surface area contributed by atoms with Crippen LogP contribution in [0.25, 0.3) is 11.1 Å². The second-order valence-electron chi connectivity index (χ2n) is 5.76. The molecule has 3 aromatic rings. The fraction of sp³-hybridized carbons (Fsp3) is 0.105. The van der Waals surface area contributed by atoms with Crippen molar-refractivity contribution < 1.29 is 13.6 Å². The molecule has 2 heterocycles. The van der Waals surface area contributed by atoms with Crippen LogP contribution >= 0.6 is 11.3 Å². The molecule has 0 saturated carbocycles. The van der Waals surface area contributed by atoms with Crippen LogP contribution < -0.4 is 5.32 Å². The maximum atomic E-state index is 13.5. The van der Waals surface area contributed by atoms with Crippen LogP contribution in [-0.4, -0.2) is 5.91 Å². The molecule has 0 unspecified atom stereocenters. The summed E-state index contributed by atoms with van der Waals surface area (Å²) in [6.45, 7) is 0. The summed E-state index contributed by atoms with van der Waals surface area (Å²) in [5.41, 5.74) is 3.18.